The third-order valence-corrected chi connectivity index (χ3v) is 3.37. The van der Waals surface area contributed by atoms with E-state index in [-0.39, 0.29) is 0 Å². The van der Waals surface area contributed by atoms with Gasteiger partial charge in [-0.2, -0.15) is 0 Å². The molecule has 2 aliphatic heterocycles. The maximum atomic E-state index is 5.34. The fraction of sp³-hybridized carbons (Fsp3) is 1.00. The van der Waals surface area contributed by atoms with Crippen molar-refractivity contribution in [3.05, 3.63) is 0 Å². The Morgan fingerprint density at radius 3 is 2.57 bits per heavy atom. The van der Waals surface area contributed by atoms with Crippen LogP contribution in [0.25, 0.3) is 0 Å². The van der Waals surface area contributed by atoms with Crippen LogP contribution in [0.5, 0.6) is 0 Å². The van der Waals surface area contributed by atoms with Crippen molar-refractivity contribution in [2.24, 2.45) is 11.8 Å². The van der Waals surface area contributed by atoms with Gasteiger partial charge in [0.2, 0.25) is 0 Å². The van der Waals surface area contributed by atoms with Crippen LogP contribution in [0.1, 0.15) is 19.3 Å². The molecule has 2 aliphatic rings. The number of rotatable bonds is 5. The smallest absolute Gasteiger partial charge is 0.0468 e. The Balaban J connectivity index is 1.45. The van der Waals surface area contributed by atoms with E-state index in [1.54, 1.807) is 0 Å². The fourth-order valence-corrected chi connectivity index (χ4v) is 2.14. The first-order valence-corrected chi connectivity index (χ1v) is 5.94. The van der Waals surface area contributed by atoms with Crippen molar-refractivity contribution in [1.82, 2.24) is 10.6 Å². The molecule has 0 amide bonds. The summed E-state index contributed by atoms with van der Waals surface area (Å²) in [4.78, 5) is 0. The van der Waals surface area contributed by atoms with E-state index in [9.17, 15) is 0 Å². The van der Waals surface area contributed by atoms with E-state index in [0.29, 0.717) is 0 Å². The molecule has 2 fully saturated rings. The summed E-state index contributed by atoms with van der Waals surface area (Å²) in [5, 5.41) is 6.85. The molecule has 0 saturated carbocycles. The van der Waals surface area contributed by atoms with Gasteiger partial charge in [0.15, 0.2) is 0 Å². The molecule has 0 unspecified atom stereocenters. The Bertz CT molecular complexity index is 153. The summed E-state index contributed by atoms with van der Waals surface area (Å²) in [6, 6.07) is 0. The lowest BCUT2D eigenvalue weighted by Crippen LogP contribution is -2.47. The van der Waals surface area contributed by atoms with Crippen LogP contribution < -0.4 is 10.6 Å². The Hall–Kier alpha value is -0.120. The fourth-order valence-electron chi connectivity index (χ4n) is 2.14. The Kier molecular flexibility index (Phi) is 4.22. The third-order valence-electron chi connectivity index (χ3n) is 3.37. The lowest BCUT2D eigenvalue weighted by Gasteiger charge is -2.28. The van der Waals surface area contributed by atoms with Crippen molar-refractivity contribution >= 4 is 0 Å². The molecule has 0 radical (unpaired) electrons. The van der Waals surface area contributed by atoms with Crippen molar-refractivity contribution in [3.63, 3.8) is 0 Å². The molecule has 2 N–H and O–H groups in total. The average molecular weight is 198 g/mol. The van der Waals surface area contributed by atoms with E-state index in [1.807, 2.05) is 0 Å². The lowest BCUT2D eigenvalue weighted by molar-refractivity contribution is 0.0638. The predicted molar refractivity (Wildman–Crippen MR) is 57.4 cm³/mol. The SMILES string of the molecule is C(CC1CCOCC1)NCC1CNC1. The molecule has 0 spiro atoms. The van der Waals surface area contributed by atoms with Gasteiger partial charge in [-0.25, -0.2) is 0 Å². The topological polar surface area (TPSA) is 33.3 Å². The van der Waals surface area contributed by atoms with E-state index in [0.717, 1.165) is 25.0 Å². The minimum atomic E-state index is 0.893. The highest BCUT2D eigenvalue weighted by Gasteiger charge is 2.16. The molecule has 0 aromatic rings. The van der Waals surface area contributed by atoms with Gasteiger partial charge in [0, 0.05) is 32.8 Å². The summed E-state index contributed by atoms with van der Waals surface area (Å²) >= 11 is 0. The predicted octanol–water partition coefficient (Wildman–Crippen LogP) is 0.612. The van der Waals surface area contributed by atoms with Crippen LogP contribution in [-0.2, 0) is 4.74 Å². The summed E-state index contributed by atoms with van der Waals surface area (Å²) < 4.78 is 5.34. The molecule has 14 heavy (non-hydrogen) atoms. The molecule has 0 aliphatic carbocycles. The first-order chi connectivity index (χ1) is 6.95. The van der Waals surface area contributed by atoms with Crippen molar-refractivity contribution in [3.8, 4) is 0 Å². The molecule has 0 atom stereocenters. The Morgan fingerprint density at radius 1 is 1.14 bits per heavy atom. The van der Waals surface area contributed by atoms with Gasteiger partial charge in [-0.1, -0.05) is 0 Å². The molecule has 0 aromatic heterocycles. The van der Waals surface area contributed by atoms with Gasteiger partial charge in [0.25, 0.3) is 0 Å². The minimum Gasteiger partial charge on any atom is -0.381 e. The molecule has 2 heterocycles. The quantitative estimate of drug-likeness (QED) is 0.635. The zero-order valence-electron chi connectivity index (χ0n) is 8.93. The minimum absolute atomic E-state index is 0.893. The van der Waals surface area contributed by atoms with Gasteiger partial charge in [-0.05, 0) is 37.6 Å². The molecule has 82 valence electrons. The highest BCUT2D eigenvalue weighted by Crippen LogP contribution is 2.17. The van der Waals surface area contributed by atoms with E-state index in [2.05, 4.69) is 10.6 Å². The number of hydrogen-bond acceptors (Lipinski definition) is 3. The lowest BCUT2D eigenvalue weighted by atomic mass is 9.96. The monoisotopic (exact) mass is 198 g/mol. The van der Waals surface area contributed by atoms with E-state index < -0.39 is 0 Å². The van der Waals surface area contributed by atoms with Gasteiger partial charge < -0.3 is 15.4 Å². The molecular formula is C11H22N2O. The first-order valence-electron chi connectivity index (χ1n) is 5.94. The van der Waals surface area contributed by atoms with Crippen molar-refractivity contribution in [2.45, 2.75) is 19.3 Å². The maximum absolute atomic E-state index is 5.34. The highest BCUT2D eigenvalue weighted by molar-refractivity contribution is 4.76. The zero-order chi connectivity index (χ0) is 9.64. The van der Waals surface area contributed by atoms with Crippen LogP contribution in [-0.4, -0.2) is 39.4 Å². The normalized spacial score (nSPS) is 24.9. The van der Waals surface area contributed by atoms with E-state index in [1.165, 1.54) is 45.4 Å². The summed E-state index contributed by atoms with van der Waals surface area (Å²) in [5.41, 5.74) is 0. The second-order valence-electron chi connectivity index (χ2n) is 4.57. The largest absolute Gasteiger partial charge is 0.381 e. The molecule has 2 saturated heterocycles. The zero-order valence-corrected chi connectivity index (χ0v) is 8.93. The number of hydrogen-bond donors (Lipinski definition) is 2. The maximum Gasteiger partial charge on any atom is 0.0468 e. The molecular weight excluding hydrogens is 176 g/mol. The van der Waals surface area contributed by atoms with Gasteiger partial charge >= 0.3 is 0 Å². The molecule has 0 bridgehead atoms. The van der Waals surface area contributed by atoms with Crippen LogP contribution in [0.2, 0.25) is 0 Å². The number of ether oxygens (including phenoxy) is 1. The van der Waals surface area contributed by atoms with Gasteiger partial charge in [-0.3, -0.25) is 0 Å². The first kappa shape index (κ1) is 10.4. The third kappa shape index (κ3) is 3.23. The molecule has 3 heteroatoms. The summed E-state index contributed by atoms with van der Waals surface area (Å²) in [6.45, 7) is 6.79. The Morgan fingerprint density at radius 2 is 1.93 bits per heavy atom. The standard InChI is InChI=1S/C11H22N2O/c1(10-2-5-14-6-3-10)4-12-7-11-8-13-9-11/h10-13H,1-9H2. The highest BCUT2D eigenvalue weighted by atomic mass is 16.5. The van der Waals surface area contributed by atoms with Gasteiger partial charge in [0.05, 0.1) is 0 Å². The van der Waals surface area contributed by atoms with Crippen LogP contribution in [0.4, 0.5) is 0 Å². The van der Waals surface area contributed by atoms with Crippen LogP contribution in [0.15, 0.2) is 0 Å². The molecule has 0 aromatic carbocycles. The van der Waals surface area contributed by atoms with Crippen LogP contribution >= 0.6 is 0 Å². The molecule has 2 rings (SSSR count). The van der Waals surface area contributed by atoms with Crippen molar-refractivity contribution in [1.29, 1.82) is 0 Å². The second-order valence-corrected chi connectivity index (χ2v) is 4.57. The molecule has 3 nitrogen and oxygen atoms in total. The van der Waals surface area contributed by atoms with Crippen molar-refractivity contribution < 1.29 is 4.74 Å². The van der Waals surface area contributed by atoms with E-state index in [4.69, 9.17) is 4.74 Å². The Labute approximate surface area is 86.6 Å². The number of nitrogens with one attached hydrogen (secondary N) is 2. The average Bonchev–Trinajstić information content (AvgIpc) is 2.16. The summed E-state index contributed by atoms with van der Waals surface area (Å²) in [5.74, 6) is 1.81. The second kappa shape index (κ2) is 5.69. The van der Waals surface area contributed by atoms with Gasteiger partial charge in [-0.15, -0.1) is 0 Å². The summed E-state index contributed by atoms with van der Waals surface area (Å²) in [7, 11) is 0. The van der Waals surface area contributed by atoms with Crippen LogP contribution in [0, 0.1) is 11.8 Å². The van der Waals surface area contributed by atoms with Crippen molar-refractivity contribution in [2.75, 3.05) is 39.4 Å². The van der Waals surface area contributed by atoms with Crippen LogP contribution in [0.3, 0.4) is 0 Å². The van der Waals surface area contributed by atoms with Gasteiger partial charge in [0.1, 0.15) is 0 Å². The summed E-state index contributed by atoms with van der Waals surface area (Å²) in [6.07, 6.45) is 3.88. The van der Waals surface area contributed by atoms with E-state index >= 15 is 0 Å².